The Hall–Kier alpha value is -2.10. The molecule has 1 aromatic carbocycles. The number of hydrogen-bond donors (Lipinski definition) is 0. The van der Waals surface area contributed by atoms with Crippen molar-refractivity contribution in [3.63, 3.8) is 0 Å². The predicted octanol–water partition coefficient (Wildman–Crippen LogP) is 2.77. The van der Waals surface area contributed by atoms with E-state index in [4.69, 9.17) is 9.36 Å². The molecule has 0 saturated heterocycles. The standard InChI is InChI=1S/C13H14N2O2/c1-3-16-15-13(12-7-8-17-14-12)11-6-4-5-10(2)9-11/h4-9H,3H2,1-2H3. The van der Waals surface area contributed by atoms with Gasteiger partial charge in [-0.3, -0.25) is 0 Å². The van der Waals surface area contributed by atoms with Crippen molar-refractivity contribution in [1.29, 1.82) is 0 Å². The van der Waals surface area contributed by atoms with Gasteiger partial charge in [0, 0.05) is 11.6 Å². The highest BCUT2D eigenvalue weighted by Crippen LogP contribution is 2.11. The molecule has 0 N–H and O–H groups in total. The van der Waals surface area contributed by atoms with Crippen LogP contribution in [0.3, 0.4) is 0 Å². The first-order chi connectivity index (χ1) is 8.31. The van der Waals surface area contributed by atoms with Gasteiger partial charge in [-0.1, -0.05) is 34.1 Å². The maximum atomic E-state index is 5.12. The lowest BCUT2D eigenvalue weighted by Crippen LogP contribution is -2.05. The van der Waals surface area contributed by atoms with Crippen molar-refractivity contribution in [2.24, 2.45) is 5.16 Å². The van der Waals surface area contributed by atoms with Crippen LogP contribution in [0, 0.1) is 6.92 Å². The number of aromatic nitrogens is 1. The summed E-state index contributed by atoms with van der Waals surface area (Å²) in [6, 6.07) is 9.78. The highest BCUT2D eigenvalue weighted by atomic mass is 16.6. The number of oxime groups is 1. The zero-order valence-electron chi connectivity index (χ0n) is 9.88. The molecule has 17 heavy (non-hydrogen) atoms. The van der Waals surface area contributed by atoms with Crippen molar-refractivity contribution in [3.05, 3.63) is 53.4 Å². The van der Waals surface area contributed by atoms with Crippen molar-refractivity contribution in [2.75, 3.05) is 6.61 Å². The minimum Gasteiger partial charge on any atom is -0.396 e. The van der Waals surface area contributed by atoms with Gasteiger partial charge in [0.1, 0.15) is 24.3 Å². The largest absolute Gasteiger partial charge is 0.396 e. The molecule has 0 aliphatic rings. The molecule has 2 rings (SSSR count). The molecule has 0 saturated carbocycles. The van der Waals surface area contributed by atoms with Crippen molar-refractivity contribution in [3.8, 4) is 0 Å². The number of hydrogen-bond acceptors (Lipinski definition) is 4. The van der Waals surface area contributed by atoms with Crippen LogP contribution in [-0.2, 0) is 4.84 Å². The van der Waals surface area contributed by atoms with Crippen LogP contribution in [0.25, 0.3) is 0 Å². The lowest BCUT2D eigenvalue weighted by atomic mass is 10.1. The second kappa shape index (κ2) is 5.30. The summed E-state index contributed by atoms with van der Waals surface area (Å²) in [4.78, 5) is 5.12. The second-order valence-electron chi connectivity index (χ2n) is 3.61. The Morgan fingerprint density at radius 1 is 1.41 bits per heavy atom. The molecule has 88 valence electrons. The molecule has 2 aromatic rings. The van der Waals surface area contributed by atoms with Crippen molar-refractivity contribution in [2.45, 2.75) is 13.8 Å². The van der Waals surface area contributed by atoms with Crippen LogP contribution in [-0.4, -0.2) is 17.5 Å². The molecule has 4 heteroatoms. The fourth-order valence-electron chi connectivity index (χ4n) is 1.50. The minimum absolute atomic E-state index is 0.521. The van der Waals surface area contributed by atoms with Gasteiger partial charge >= 0.3 is 0 Å². The number of rotatable bonds is 4. The van der Waals surface area contributed by atoms with Crippen molar-refractivity contribution < 1.29 is 9.36 Å². The Morgan fingerprint density at radius 2 is 2.29 bits per heavy atom. The van der Waals surface area contributed by atoms with E-state index in [2.05, 4.69) is 10.3 Å². The predicted molar refractivity (Wildman–Crippen MR) is 64.9 cm³/mol. The van der Waals surface area contributed by atoms with Gasteiger partial charge in [0.25, 0.3) is 0 Å². The van der Waals surface area contributed by atoms with Crippen LogP contribution >= 0.6 is 0 Å². The average Bonchev–Trinajstić information content (AvgIpc) is 2.83. The zero-order valence-corrected chi connectivity index (χ0v) is 9.88. The lowest BCUT2D eigenvalue weighted by Gasteiger charge is -2.04. The van der Waals surface area contributed by atoms with E-state index in [1.54, 1.807) is 6.07 Å². The van der Waals surface area contributed by atoms with Crippen molar-refractivity contribution >= 4 is 5.71 Å². The molecule has 0 bridgehead atoms. The van der Waals surface area contributed by atoms with Gasteiger partial charge in [0.15, 0.2) is 0 Å². The normalized spacial score (nSPS) is 11.5. The Bertz CT molecular complexity index is 504. The molecular weight excluding hydrogens is 216 g/mol. The summed E-state index contributed by atoms with van der Waals surface area (Å²) in [6.07, 6.45) is 1.52. The maximum absolute atomic E-state index is 5.12. The second-order valence-corrected chi connectivity index (χ2v) is 3.61. The molecule has 0 atom stereocenters. The van der Waals surface area contributed by atoms with E-state index in [0.29, 0.717) is 18.0 Å². The van der Waals surface area contributed by atoms with E-state index >= 15 is 0 Å². The Morgan fingerprint density at radius 3 is 2.94 bits per heavy atom. The number of nitrogens with zero attached hydrogens (tertiary/aromatic N) is 2. The SMILES string of the molecule is CCON=C(c1cccc(C)c1)c1ccon1. The number of aryl methyl sites for hydroxylation is 1. The van der Waals surface area contributed by atoms with Crippen LogP contribution in [0.2, 0.25) is 0 Å². The fraction of sp³-hybridized carbons (Fsp3) is 0.231. The molecule has 1 aromatic heterocycles. The molecule has 0 fully saturated rings. The quantitative estimate of drug-likeness (QED) is 0.599. The van der Waals surface area contributed by atoms with E-state index in [9.17, 15) is 0 Å². The summed E-state index contributed by atoms with van der Waals surface area (Å²) in [5.41, 5.74) is 3.48. The van der Waals surface area contributed by atoms with Crippen LogP contribution in [0.1, 0.15) is 23.7 Å². The molecule has 0 amide bonds. The first kappa shape index (κ1) is 11.4. The molecule has 0 aliphatic carbocycles. The summed E-state index contributed by atoms with van der Waals surface area (Å²) in [5, 5.41) is 7.98. The van der Waals surface area contributed by atoms with Gasteiger partial charge in [0.05, 0.1) is 0 Å². The average molecular weight is 230 g/mol. The first-order valence-corrected chi connectivity index (χ1v) is 5.49. The van der Waals surface area contributed by atoms with Crippen LogP contribution < -0.4 is 0 Å². The third-order valence-corrected chi connectivity index (χ3v) is 2.26. The monoisotopic (exact) mass is 230 g/mol. The smallest absolute Gasteiger partial charge is 0.139 e. The van der Waals surface area contributed by atoms with E-state index in [1.165, 1.54) is 6.26 Å². The highest BCUT2D eigenvalue weighted by molar-refractivity contribution is 6.11. The Balaban J connectivity index is 2.41. The summed E-state index contributed by atoms with van der Waals surface area (Å²) in [6.45, 7) is 4.44. The lowest BCUT2D eigenvalue weighted by molar-refractivity contribution is 0.159. The topological polar surface area (TPSA) is 47.6 Å². The van der Waals surface area contributed by atoms with E-state index in [-0.39, 0.29) is 0 Å². The molecule has 0 radical (unpaired) electrons. The van der Waals surface area contributed by atoms with E-state index in [1.807, 2.05) is 38.1 Å². The summed E-state index contributed by atoms with van der Waals surface area (Å²) < 4.78 is 4.84. The Labute approximate surface area is 99.9 Å². The van der Waals surface area contributed by atoms with Gasteiger partial charge in [-0.2, -0.15) is 0 Å². The molecule has 1 heterocycles. The van der Waals surface area contributed by atoms with E-state index in [0.717, 1.165) is 11.1 Å². The Kier molecular flexibility index (Phi) is 3.55. The van der Waals surface area contributed by atoms with Crippen LogP contribution in [0.4, 0.5) is 0 Å². The van der Waals surface area contributed by atoms with Gasteiger partial charge in [0.2, 0.25) is 0 Å². The van der Waals surface area contributed by atoms with Crippen LogP contribution in [0.5, 0.6) is 0 Å². The fourth-order valence-corrected chi connectivity index (χ4v) is 1.50. The van der Waals surface area contributed by atoms with Gasteiger partial charge in [-0.15, -0.1) is 0 Å². The molecule has 4 nitrogen and oxygen atoms in total. The minimum atomic E-state index is 0.521. The third kappa shape index (κ3) is 2.72. The maximum Gasteiger partial charge on any atom is 0.139 e. The van der Waals surface area contributed by atoms with E-state index < -0.39 is 0 Å². The third-order valence-electron chi connectivity index (χ3n) is 2.26. The van der Waals surface area contributed by atoms with Gasteiger partial charge in [-0.25, -0.2) is 0 Å². The molecule has 0 spiro atoms. The number of benzene rings is 1. The summed E-state index contributed by atoms with van der Waals surface area (Å²) in [7, 11) is 0. The van der Waals surface area contributed by atoms with Crippen molar-refractivity contribution in [1.82, 2.24) is 5.16 Å². The zero-order chi connectivity index (χ0) is 12.1. The molecule has 0 aliphatic heterocycles. The first-order valence-electron chi connectivity index (χ1n) is 5.49. The van der Waals surface area contributed by atoms with Crippen LogP contribution in [0.15, 0.2) is 46.3 Å². The summed E-state index contributed by atoms with van der Waals surface area (Å²) >= 11 is 0. The molecular formula is C13H14N2O2. The molecule has 0 unspecified atom stereocenters. The summed E-state index contributed by atoms with van der Waals surface area (Å²) in [5.74, 6) is 0. The van der Waals surface area contributed by atoms with Gasteiger partial charge in [-0.05, 0) is 19.9 Å². The highest BCUT2D eigenvalue weighted by Gasteiger charge is 2.11. The van der Waals surface area contributed by atoms with Gasteiger partial charge < -0.3 is 9.36 Å².